The van der Waals surface area contributed by atoms with E-state index in [1.807, 2.05) is 55.6 Å². The maximum Gasteiger partial charge on any atom is 0.325 e. The van der Waals surface area contributed by atoms with Crippen molar-refractivity contribution in [3.8, 4) is 5.75 Å². The summed E-state index contributed by atoms with van der Waals surface area (Å²) >= 11 is 8.93. The Bertz CT molecular complexity index is 1320. The van der Waals surface area contributed by atoms with Gasteiger partial charge in [0.25, 0.3) is 5.91 Å². The summed E-state index contributed by atoms with van der Waals surface area (Å²) in [7, 11) is 2.90. The van der Waals surface area contributed by atoms with Crippen LogP contribution in [0.1, 0.15) is 11.1 Å². The fraction of sp³-hybridized carbons (Fsp3) is 0.240. The molecule has 0 spiro atoms. The number of fused-ring (bicyclic) bond motifs is 1. The maximum absolute atomic E-state index is 12.9. The SMILES string of the molecule is COC(=O)CN1C(=S)N(C)C(=O)/C1=C/c1cn(CCOc2ccccc2C)c2ccc(Br)cc12. The predicted molar refractivity (Wildman–Crippen MR) is 138 cm³/mol. The first-order valence-corrected chi connectivity index (χ1v) is 11.8. The number of methoxy groups -OCH3 is 1. The molecular weight excluding hydrogens is 518 g/mol. The minimum atomic E-state index is -0.477. The Balaban J connectivity index is 1.68. The van der Waals surface area contributed by atoms with Crippen molar-refractivity contribution < 1.29 is 19.1 Å². The molecule has 4 rings (SSSR count). The fourth-order valence-corrected chi connectivity index (χ4v) is 4.47. The zero-order valence-electron chi connectivity index (χ0n) is 19.1. The molecular formula is C25H24BrN3O4S. The second-order valence-corrected chi connectivity index (χ2v) is 9.17. The molecule has 0 bridgehead atoms. The van der Waals surface area contributed by atoms with E-state index in [9.17, 15) is 9.59 Å². The lowest BCUT2D eigenvalue weighted by Crippen LogP contribution is -2.33. The lowest BCUT2D eigenvalue weighted by molar-refractivity contribution is -0.140. The molecule has 0 aliphatic carbocycles. The number of benzene rings is 2. The van der Waals surface area contributed by atoms with E-state index in [0.29, 0.717) is 18.8 Å². The van der Waals surface area contributed by atoms with Crippen molar-refractivity contribution in [1.29, 1.82) is 0 Å². The second kappa shape index (κ2) is 9.99. The van der Waals surface area contributed by atoms with E-state index < -0.39 is 5.97 Å². The average molecular weight is 542 g/mol. The Morgan fingerprint density at radius 2 is 1.97 bits per heavy atom. The van der Waals surface area contributed by atoms with E-state index in [1.54, 1.807) is 13.1 Å². The zero-order chi connectivity index (χ0) is 24.4. The summed E-state index contributed by atoms with van der Waals surface area (Å²) in [6.07, 6.45) is 3.75. The van der Waals surface area contributed by atoms with E-state index >= 15 is 0 Å². The molecule has 1 amide bonds. The third-order valence-corrected chi connectivity index (χ3v) is 6.68. The van der Waals surface area contributed by atoms with Gasteiger partial charge in [0.2, 0.25) is 0 Å². The number of nitrogens with zero attached hydrogens (tertiary/aromatic N) is 3. The molecule has 176 valence electrons. The van der Waals surface area contributed by atoms with Gasteiger partial charge in [-0.25, -0.2) is 0 Å². The molecule has 2 aromatic carbocycles. The molecule has 0 saturated carbocycles. The monoisotopic (exact) mass is 541 g/mol. The largest absolute Gasteiger partial charge is 0.491 e. The summed E-state index contributed by atoms with van der Waals surface area (Å²) in [5.41, 5.74) is 3.25. The molecule has 2 heterocycles. The number of esters is 1. The molecule has 1 fully saturated rings. The van der Waals surface area contributed by atoms with Crippen LogP contribution in [-0.4, -0.2) is 58.7 Å². The molecule has 3 aromatic rings. The number of carbonyl (C=O) groups is 2. The molecule has 0 radical (unpaired) electrons. The highest BCUT2D eigenvalue weighted by molar-refractivity contribution is 9.10. The average Bonchev–Trinajstić information content (AvgIpc) is 3.25. The summed E-state index contributed by atoms with van der Waals surface area (Å²) in [6.45, 7) is 2.99. The van der Waals surface area contributed by atoms with Gasteiger partial charge in [-0.05, 0) is 55.0 Å². The van der Waals surface area contributed by atoms with Crippen LogP contribution >= 0.6 is 28.1 Å². The summed E-state index contributed by atoms with van der Waals surface area (Å²) in [5.74, 6) is 0.109. The van der Waals surface area contributed by atoms with E-state index in [4.69, 9.17) is 21.7 Å². The van der Waals surface area contributed by atoms with Crippen molar-refractivity contribution in [2.45, 2.75) is 13.5 Å². The van der Waals surface area contributed by atoms with Gasteiger partial charge in [0.05, 0.1) is 13.7 Å². The van der Waals surface area contributed by atoms with Crippen molar-refractivity contribution in [2.75, 3.05) is 27.3 Å². The minimum Gasteiger partial charge on any atom is -0.491 e. The quantitative estimate of drug-likeness (QED) is 0.251. The zero-order valence-corrected chi connectivity index (χ0v) is 21.5. The van der Waals surface area contributed by atoms with Crippen molar-refractivity contribution >= 4 is 62.1 Å². The molecule has 1 aliphatic heterocycles. The Morgan fingerprint density at radius 3 is 2.71 bits per heavy atom. The van der Waals surface area contributed by atoms with E-state index in [0.717, 1.165) is 32.3 Å². The van der Waals surface area contributed by atoms with E-state index in [2.05, 4.69) is 20.5 Å². The smallest absolute Gasteiger partial charge is 0.325 e. The molecule has 1 aliphatic rings. The number of hydrogen-bond donors (Lipinski definition) is 0. The molecule has 9 heteroatoms. The normalized spacial score (nSPS) is 15.0. The molecule has 1 aromatic heterocycles. The van der Waals surface area contributed by atoms with Gasteiger partial charge < -0.3 is 18.9 Å². The van der Waals surface area contributed by atoms with Gasteiger partial charge >= 0.3 is 5.97 Å². The van der Waals surface area contributed by atoms with E-state index in [1.165, 1.54) is 16.9 Å². The number of rotatable bonds is 7. The summed E-state index contributed by atoms with van der Waals surface area (Å²) < 4.78 is 13.8. The first-order chi connectivity index (χ1) is 16.3. The van der Waals surface area contributed by atoms with E-state index in [-0.39, 0.29) is 17.6 Å². The van der Waals surface area contributed by atoms with Gasteiger partial charge in [-0.3, -0.25) is 14.5 Å². The van der Waals surface area contributed by atoms with Crippen LogP contribution in [0.15, 0.2) is 58.8 Å². The summed E-state index contributed by atoms with van der Waals surface area (Å²) in [4.78, 5) is 27.7. The first-order valence-electron chi connectivity index (χ1n) is 10.6. The van der Waals surface area contributed by atoms with Gasteiger partial charge in [-0.2, -0.15) is 0 Å². The van der Waals surface area contributed by atoms with Gasteiger partial charge in [-0.1, -0.05) is 34.1 Å². The van der Waals surface area contributed by atoms with Crippen molar-refractivity contribution in [2.24, 2.45) is 0 Å². The number of likely N-dealkylation sites (N-methyl/N-ethyl adjacent to an activating group) is 1. The van der Waals surface area contributed by atoms with Crippen LogP contribution in [0, 0.1) is 6.92 Å². The van der Waals surface area contributed by atoms with Crippen LogP contribution in [-0.2, 0) is 20.9 Å². The molecule has 34 heavy (non-hydrogen) atoms. The standard InChI is InChI=1S/C25H24BrN3O4S/c1-16-6-4-5-7-22(16)33-11-10-28-14-17(19-13-18(26)8-9-20(19)28)12-21-24(31)27(2)25(34)29(21)15-23(30)32-3/h4-9,12-14H,10-11,15H2,1-3H3/b21-12-. The Labute approximate surface area is 211 Å². The number of amides is 1. The maximum atomic E-state index is 12.9. The fourth-order valence-electron chi connectivity index (χ4n) is 3.86. The number of carbonyl (C=O) groups excluding carboxylic acids is 2. The van der Waals surface area contributed by atoms with Crippen molar-refractivity contribution in [1.82, 2.24) is 14.4 Å². The summed E-state index contributed by atoms with van der Waals surface area (Å²) in [6, 6.07) is 13.9. The van der Waals surface area contributed by atoms with Crippen LogP contribution < -0.4 is 4.74 Å². The van der Waals surface area contributed by atoms with Gasteiger partial charge in [-0.15, -0.1) is 0 Å². The van der Waals surface area contributed by atoms with Crippen LogP contribution in [0.5, 0.6) is 5.75 Å². The number of ether oxygens (including phenoxy) is 2. The first kappa shape index (κ1) is 24.0. The lowest BCUT2D eigenvalue weighted by Gasteiger charge is -2.16. The molecule has 0 N–H and O–H groups in total. The van der Waals surface area contributed by atoms with Crippen LogP contribution in [0.2, 0.25) is 0 Å². The highest BCUT2D eigenvalue weighted by Crippen LogP contribution is 2.30. The molecule has 7 nitrogen and oxygen atoms in total. The lowest BCUT2D eigenvalue weighted by atomic mass is 10.1. The topological polar surface area (TPSA) is 64.0 Å². The third-order valence-electron chi connectivity index (χ3n) is 5.70. The number of aromatic nitrogens is 1. The van der Waals surface area contributed by atoms with Crippen LogP contribution in [0.25, 0.3) is 17.0 Å². The van der Waals surface area contributed by atoms with Crippen molar-refractivity contribution in [3.63, 3.8) is 0 Å². The minimum absolute atomic E-state index is 0.135. The molecule has 1 saturated heterocycles. The number of thiocarbonyl (C=S) groups is 1. The number of hydrogen-bond acceptors (Lipinski definition) is 5. The highest BCUT2D eigenvalue weighted by atomic mass is 79.9. The third kappa shape index (κ3) is 4.71. The number of halogens is 1. The Hall–Kier alpha value is -3.17. The number of aryl methyl sites for hydroxylation is 1. The second-order valence-electron chi connectivity index (χ2n) is 7.89. The Morgan fingerprint density at radius 1 is 1.21 bits per heavy atom. The highest BCUT2D eigenvalue weighted by Gasteiger charge is 2.37. The number of para-hydroxylation sites is 1. The van der Waals surface area contributed by atoms with Crippen LogP contribution in [0.4, 0.5) is 0 Å². The summed E-state index contributed by atoms with van der Waals surface area (Å²) in [5, 5.41) is 1.22. The van der Waals surface area contributed by atoms with Crippen molar-refractivity contribution in [3.05, 3.63) is 70.0 Å². The van der Waals surface area contributed by atoms with Crippen LogP contribution in [0.3, 0.4) is 0 Å². The molecule has 0 unspecified atom stereocenters. The Kier molecular flexibility index (Phi) is 7.04. The predicted octanol–water partition coefficient (Wildman–Crippen LogP) is 4.36. The van der Waals surface area contributed by atoms with Gasteiger partial charge in [0, 0.05) is 34.2 Å². The van der Waals surface area contributed by atoms with Gasteiger partial charge in [0.1, 0.15) is 24.6 Å². The van der Waals surface area contributed by atoms with Gasteiger partial charge in [0.15, 0.2) is 5.11 Å². The molecule has 0 atom stereocenters.